The number of benzene rings is 1. The first-order valence-corrected chi connectivity index (χ1v) is 6.83. The summed E-state index contributed by atoms with van der Waals surface area (Å²) in [6, 6.07) is 5.72. The fourth-order valence-corrected chi connectivity index (χ4v) is 2.85. The van der Waals surface area contributed by atoms with Gasteiger partial charge in [-0.2, -0.15) is 0 Å². The van der Waals surface area contributed by atoms with Crippen LogP contribution in [-0.2, 0) is 0 Å². The smallest absolute Gasteiger partial charge is 0.127 e. The minimum absolute atomic E-state index is 0.0571. The van der Waals surface area contributed by atoms with E-state index in [2.05, 4.69) is 4.90 Å². The minimum atomic E-state index is -0.0571. The summed E-state index contributed by atoms with van der Waals surface area (Å²) in [4.78, 5) is 2.80. The summed E-state index contributed by atoms with van der Waals surface area (Å²) in [5, 5.41) is 0. The molecule has 1 aromatic rings. The van der Waals surface area contributed by atoms with E-state index in [-0.39, 0.29) is 6.04 Å². The van der Waals surface area contributed by atoms with Crippen LogP contribution >= 0.6 is 12.2 Å². The fourth-order valence-electron chi connectivity index (χ4n) is 2.57. The number of likely N-dealkylation sites (tertiary alicyclic amines) is 1. The Kier molecular flexibility index (Phi) is 4.61. The molecule has 1 aromatic carbocycles. The molecule has 0 spiro atoms. The van der Waals surface area contributed by atoms with Crippen molar-refractivity contribution in [2.75, 3.05) is 27.3 Å². The summed E-state index contributed by atoms with van der Waals surface area (Å²) in [5.41, 5.74) is 6.96. The third kappa shape index (κ3) is 2.98. The highest BCUT2D eigenvalue weighted by Crippen LogP contribution is 2.34. The number of nitrogens with zero attached hydrogens (tertiary/aromatic N) is 1. The first-order valence-electron chi connectivity index (χ1n) is 6.42. The Labute approximate surface area is 119 Å². The predicted molar refractivity (Wildman–Crippen MR) is 79.9 cm³/mol. The Balaban J connectivity index is 2.38. The summed E-state index contributed by atoms with van der Waals surface area (Å²) in [6.45, 7) is 2.05. The van der Waals surface area contributed by atoms with Crippen molar-refractivity contribution >= 4 is 17.2 Å². The third-order valence-corrected chi connectivity index (χ3v) is 3.73. The molecule has 0 aromatic heterocycles. The normalized spacial score (nSPS) is 17.2. The van der Waals surface area contributed by atoms with Crippen LogP contribution < -0.4 is 15.2 Å². The standard InChI is InChI=1S/C14H20N2O2S/c1-17-10-5-6-11(12(9-10)18-2)13(14(15)19)16-7-3-4-8-16/h5-6,9,13H,3-4,7-8H2,1-2H3,(H2,15,19). The molecular weight excluding hydrogens is 260 g/mol. The van der Waals surface area contributed by atoms with Crippen LogP contribution in [0.3, 0.4) is 0 Å². The molecular formula is C14H20N2O2S. The highest BCUT2D eigenvalue weighted by molar-refractivity contribution is 7.80. The molecule has 0 bridgehead atoms. The molecule has 0 amide bonds. The first kappa shape index (κ1) is 14.1. The molecule has 1 heterocycles. The summed E-state index contributed by atoms with van der Waals surface area (Å²) in [5.74, 6) is 1.53. The van der Waals surface area contributed by atoms with E-state index >= 15 is 0 Å². The van der Waals surface area contributed by atoms with Gasteiger partial charge >= 0.3 is 0 Å². The van der Waals surface area contributed by atoms with Crippen LogP contribution in [0.15, 0.2) is 18.2 Å². The zero-order valence-electron chi connectivity index (χ0n) is 11.4. The van der Waals surface area contributed by atoms with Crippen LogP contribution in [0.1, 0.15) is 24.4 Å². The topological polar surface area (TPSA) is 47.7 Å². The number of thiocarbonyl (C=S) groups is 1. The maximum Gasteiger partial charge on any atom is 0.127 e. The molecule has 2 N–H and O–H groups in total. The van der Waals surface area contributed by atoms with E-state index in [0.29, 0.717) is 4.99 Å². The van der Waals surface area contributed by atoms with Gasteiger partial charge in [0.25, 0.3) is 0 Å². The maximum absolute atomic E-state index is 5.95. The molecule has 1 aliphatic rings. The van der Waals surface area contributed by atoms with Gasteiger partial charge in [-0.05, 0) is 38.1 Å². The molecule has 1 saturated heterocycles. The van der Waals surface area contributed by atoms with Gasteiger partial charge in [0.2, 0.25) is 0 Å². The summed E-state index contributed by atoms with van der Waals surface area (Å²) >= 11 is 5.25. The van der Waals surface area contributed by atoms with Gasteiger partial charge in [0, 0.05) is 11.6 Å². The van der Waals surface area contributed by atoms with Crippen LogP contribution in [0.2, 0.25) is 0 Å². The van der Waals surface area contributed by atoms with Crippen LogP contribution in [0, 0.1) is 0 Å². The number of hydrogen-bond donors (Lipinski definition) is 1. The predicted octanol–water partition coefficient (Wildman–Crippen LogP) is 2.13. The maximum atomic E-state index is 5.95. The van der Waals surface area contributed by atoms with Crippen molar-refractivity contribution in [3.05, 3.63) is 23.8 Å². The largest absolute Gasteiger partial charge is 0.497 e. The average Bonchev–Trinajstić information content (AvgIpc) is 2.92. The fraction of sp³-hybridized carbons (Fsp3) is 0.500. The molecule has 5 heteroatoms. The van der Waals surface area contributed by atoms with E-state index < -0.39 is 0 Å². The van der Waals surface area contributed by atoms with Gasteiger partial charge in [0.05, 0.1) is 25.2 Å². The zero-order chi connectivity index (χ0) is 13.8. The van der Waals surface area contributed by atoms with Crippen LogP contribution in [0.25, 0.3) is 0 Å². The van der Waals surface area contributed by atoms with Crippen molar-refractivity contribution in [3.63, 3.8) is 0 Å². The Morgan fingerprint density at radius 3 is 2.47 bits per heavy atom. The SMILES string of the molecule is COc1ccc(C(C(N)=S)N2CCCC2)c(OC)c1. The van der Waals surface area contributed by atoms with Crippen LogP contribution in [0.5, 0.6) is 11.5 Å². The molecule has 104 valence electrons. The average molecular weight is 280 g/mol. The molecule has 2 rings (SSSR count). The number of ether oxygens (including phenoxy) is 2. The Morgan fingerprint density at radius 2 is 1.95 bits per heavy atom. The van der Waals surface area contributed by atoms with Crippen molar-refractivity contribution in [3.8, 4) is 11.5 Å². The zero-order valence-corrected chi connectivity index (χ0v) is 12.2. The molecule has 4 nitrogen and oxygen atoms in total. The number of methoxy groups -OCH3 is 2. The van der Waals surface area contributed by atoms with Gasteiger partial charge in [-0.15, -0.1) is 0 Å². The minimum Gasteiger partial charge on any atom is -0.497 e. The molecule has 1 atom stereocenters. The lowest BCUT2D eigenvalue weighted by Crippen LogP contribution is -2.35. The molecule has 0 aliphatic carbocycles. The molecule has 1 fully saturated rings. The first-order chi connectivity index (χ1) is 9.17. The van der Waals surface area contributed by atoms with Gasteiger partial charge < -0.3 is 15.2 Å². The summed E-state index contributed by atoms with van der Waals surface area (Å²) in [7, 11) is 3.29. The summed E-state index contributed by atoms with van der Waals surface area (Å²) < 4.78 is 10.7. The highest BCUT2D eigenvalue weighted by Gasteiger charge is 2.28. The molecule has 0 radical (unpaired) electrons. The van der Waals surface area contributed by atoms with E-state index in [4.69, 9.17) is 27.4 Å². The monoisotopic (exact) mass is 280 g/mol. The lowest BCUT2D eigenvalue weighted by Gasteiger charge is -2.28. The highest BCUT2D eigenvalue weighted by atomic mass is 32.1. The van der Waals surface area contributed by atoms with E-state index in [0.717, 1.165) is 30.2 Å². The van der Waals surface area contributed by atoms with Crippen molar-refractivity contribution < 1.29 is 9.47 Å². The summed E-state index contributed by atoms with van der Waals surface area (Å²) in [6.07, 6.45) is 2.38. The van der Waals surface area contributed by atoms with Gasteiger partial charge in [0.1, 0.15) is 11.5 Å². The van der Waals surface area contributed by atoms with Crippen molar-refractivity contribution in [2.45, 2.75) is 18.9 Å². The van der Waals surface area contributed by atoms with Crippen LogP contribution in [-0.4, -0.2) is 37.2 Å². The second kappa shape index (κ2) is 6.21. The van der Waals surface area contributed by atoms with Gasteiger partial charge in [-0.3, -0.25) is 4.90 Å². The second-order valence-corrected chi connectivity index (χ2v) is 5.13. The van der Waals surface area contributed by atoms with Crippen LogP contribution in [0.4, 0.5) is 0 Å². The van der Waals surface area contributed by atoms with E-state index in [1.165, 1.54) is 12.8 Å². The Hall–Kier alpha value is -1.33. The van der Waals surface area contributed by atoms with E-state index in [1.807, 2.05) is 18.2 Å². The number of nitrogens with two attached hydrogens (primary N) is 1. The van der Waals surface area contributed by atoms with Crippen molar-refractivity contribution in [2.24, 2.45) is 5.73 Å². The lowest BCUT2D eigenvalue weighted by molar-refractivity contribution is 0.295. The number of rotatable bonds is 5. The van der Waals surface area contributed by atoms with Crippen molar-refractivity contribution in [1.82, 2.24) is 4.90 Å². The molecule has 19 heavy (non-hydrogen) atoms. The number of hydrogen-bond acceptors (Lipinski definition) is 4. The van der Waals surface area contributed by atoms with Gasteiger partial charge in [-0.25, -0.2) is 0 Å². The van der Waals surface area contributed by atoms with Gasteiger partial charge in [-0.1, -0.05) is 12.2 Å². The van der Waals surface area contributed by atoms with Gasteiger partial charge in [0.15, 0.2) is 0 Å². The quantitative estimate of drug-likeness (QED) is 0.837. The second-order valence-electron chi connectivity index (χ2n) is 4.66. The lowest BCUT2D eigenvalue weighted by atomic mass is 10.0. The Morgan fingerprint density at radius 1 is 1.26 bits per heavy atom. The Bertz CT molecular complexity index is 459. The molecule has 0 saturated carbocycles. The third-order valence-electron chi connectivity index (χ3n) is 3.51. The van der Waals surface area contributed by atoms with E-state index in [1.54, 1.807) is 14.2 Å². The van der Waals surface area contributed by atoms with E-state index in [9.17, 15) is 0 Å². The molecule has 1 aliphatic heterocycles. The molecule has 1 unspecified atom stereocenters. The van der Waals surface area contributed by atoms with Crippen molar-refractivity contribution in [1.29, 1.82) is 0 Å².